The molecule has 0 unspecified atom stereocenters. The van der Waals surface area contributed by atoms with Crippen LogP contribution in [0.15, 0.2) is 65.6 Å². The lowest BCUT2D eigenvalue weighted by atomic mass is 10.0. The minimum Gasteiger partial charge on any atom is -0.497 e. The van der Waals surface area contributed by atoms with Gasteiger partial charge in [-0.05, 0) is 93.1 Å². The van der Waals surface area contributed by atoms with Crippen LogP contribution in [-0.2, 0) is 32.4 Å². The van der Waals surface area contributed by atoms with E-state index in [1.165, 1.54) is 0 Å². The number of carbonyl (C=O) groups excluding carboxylic acids is 2. The van der Waals surface area contributed by atoms with Crippen LogP contribution < -0.4 is 9.64 Å². The Morgan fingerprint density at radius 1 is 0.844 bits per heavy atom. The van der Waals surface area contributed by atoms with Crippen LogP contribution in [0.3, 0.4) is 0 Å². The molecule has 0 spiro atoms. The van der Waals surface area contributed by atoms with E-state index >= 15 is 0 Å². The summed E-state index contributed by atoms with van der Waals surface area (Å²) in [6, 6.07) is 18.8. The summed E-state index contributed by atoms with van der Waals surface area (Å²) in [4.78, 5) is 33.9. The molecule has 1 aliphatic heterocycles. The van der Waals surface area contributed by atoms with Crippen LogP contribution in [0.4, 0.5) is 5.69 Å². The lowest BCUT2D eigenvalue weighted by molar-refractivity contribution is -0.131. The zero-order chi connectivity index (χ0) is 32.7. The first kappa shape index (κ1) is 34.2. The van der Waals surface area contributed by atoms with Gasteiger partial charge in [-0.15, -0.1) is 0 Å². The highest BCUT2D eigenvalue weighted by atomic mass is 32.2. The Hall–Kier alpha value is -3.69. The summed E-state index contributed by atoms with van der Waals surface area (Å²) < 4.78 is 31.7. The third kappa shape index (κ3) is 8.73. The number of carbonyl (C=O) groups is 2. The Morgan fingerprint density at radius 2 is 1.58 bits per heavy atom. The molecule has 0 bridgehead atoms. The van der Waals surface area contributed by atoms with Crippen LogP contribution in [0.25, 0.3) is 0 Å². The van der Waals surface area contributed by atoms with Gasteiger partial charge in [-0.2, -0.15) is 0 Å². The molecular weight excluding hydrogens is 586 g/mol. The number of rotatable bonds is 8. The summed E-state index contributed by atoms with van der Waals surface area (Å²) >= 11 is 0. The van der Waals surface area contributed by atoms with E-state index in [1.54, 1.807) is 30.2 Å². The van der Waals surface area contributed by atoms with Crippen LogP contribution in [0, 0.1) is 20.8 Å². The Labute approximate surface area is 268 Å². The maximum absolute atomic E-state index is 13.9. The van der Waals surface area contributed by atoms with E-state index in [-0.39, 0.29) is 47.9 Å². The number of sulfone groups is 1. The second-order valence-electron chi connectivity index (χ2n) is 12.3. The number of methoxy groups -OCH3 is 1. The fraction of sp³-hybridized carbons (Fsp3) is 0.444. The summed E-state index contributed by atoms with van der Waals surface area (Å²) in [5.74, 6) is 0.256. The zero-order valence-electron chi connectivity index (χ0n) is 27.5. The van der Waals surface area contributed by atoms with Gasteiger partial charge in [-0.1, -0.05) is 36.4 Å². The minimum atomic E-state index is -3.63. The summed E-state index contributed by atoms with van der Waals surface area (Å²) in [5.41, 5.74) is 5.49. The average Bonchev–Trinajstić information content (AvgIpc) is 3.04. The number of hydrogen-bond donors (Lipinski definition) is 0. The maximum atomic E-state index is 13.9. The van der Waals surface area contributed by atoms with Crippen molar-refractivity contribution in [2.45, 2.75) is 71.4 Å². The molecule has 2 amide bonds. The van der Waals surface area contributed by atoms with E-state index < -0.39 is 9.84 Å². The van der Waals surface area contributed by atoms with Crippen LogP contribution in [0.2, 0.25) is 0 Å². The van der Waals surface area contributed by atoms with E-state index in [0.717, 1.165) is 52.2 Å². The number of ether oxygens (including phenoxy) is 1. The van der Waals surface area contributed by atoms with Crippen molar-refractivity contribution < 1.29 is 22.7 Å². The average molecular weight is 634 g/mol. The van der Waals surface area contributed by atoms with Crippen molar-refractivity contribution >= 4 is 27.3 Å². The molecule has 242 valence electrons. The van der Waals surface area contributed by atoms with E-state index in [4.69, 9.17) is 4.74 Å². The van der Waals surface area contributed by atoms with E-state index in [0.29, 0.717) is 19.6 Å². The van der Waals surface area contributed by atoms with Crippen LogP contribution in [0.5, 0.6) is 5.75 Å². The van der Waals surface area contributed by atoms with Crippen molar-refractivity contribution in [2.75, 3.05) is 43.9 Å². The van der Waals surface area contributed by atoms with E-state index in [9.17, 15) is 18.0 Å². The van der Waals surface area contributed by atoms with Crippen LogP contribution in [-0.4, -0.2) is 75.1 Å². The minimum absolute atomic E-state index is 0.0107. The van der Waals surface area contributed by atoms with E-state index in [2.05, 4.69) is 18.7 Å². The Morgan fingerprint density at radius 3 is 2.24 bits per heavy atom. The SMILES string of the molecule is COc1ccc(CC(=O)N2CCCN(C(C)C)CCN(C(=O)CCS(=O)(=O)c3ccc(C)c(C)c3)Cc3cccc(C)c32)cc1. The molecule has 0 radical (unpaired) electrons. The highest BCUT2D eigenvalue weighted by Crippen LogP contribution is 2.29. The molecular formula is C36H47N3O5S. The highest BCUT2D eigenvalue weighted by Gasteiger charge is 2.27. The van der Waals surface area contributed by atoms with Crippen molar-refractivity contribution in [3.05, 3.63) is 88.5 Å². The fourth-order valence-electron chi connectivity index (χ4n) is 5.82. The number of anilines is 1. The van der Waals surface area contributed by atoms with Gasteiger partial charge in [-0.25, -0.2) is 8.42 Å². The Balaban J connectivity index is 1.62. The quantitative estimate of drug-likeness (QED) is 0.326. The van der Waals surface area contributed by atoms with Gasteiger partial charge in [-0.3, -0.25) is 14.5 Å². The number of aryl methyl sites for hydroxylation is 3. The molecule has 1 heterocycles. The van der Waals surface area contributed by atoms with Crippen LogP contribution >= 0.6 is 0 Å². The summed E-state index contributed by atoms with van der Waals surface area (Å²) in [5, 5.41) is 0. The third-order valence-electron chi connectivity index (χ3n) is 8.76. The van der Waals surface area contributed by atoms with E-state index in [1.807, 2.05) is 68.1 Å². The predicted octanol–water partition coefficient (Wildman–Crippen LogP) is 5.50. The van der Waals surface area contributed by atoms with Gasteiger partial charge in [0.25, 0.3) is 0 Å². The molecule has 0 N–H and O–H groups in total. The van der Waals surface area contributed by atoms with Crippen molar-refractivity contribution in [3.8, 4) is 5.75 Å². The molecule has 0 fully saturated rings. The normalized spacial score (nSPS) is 15.0. The molecule has 0 saturated heterocycles. The van der Waals surface area contributed by atoms with Crippen molar-refractivity contribution in [2.24, 2.45) is 0 Å². The summed E-state index contributed by atoms with van der Waals surface area (Å²) in [6.45, 7) is 12.8. The number of amides is 2. The molecule has 3 aromatic carbocycles. The van der Waals surface area contributed by atoms with Crippen molar-refractivity contribution in [3.63, 3.8) is 0 Å². The second-order valence-corrected chi connectivity index (χ2v) is 14.4. The molecule has 1 aliphatic rings. The van der Waals surface area contributed by atoms with Crippen molar-refractivity contribution in [1.82, 2.24) is 9.80 Å². The summed E-state index contributed by atoms with van der Waals surface area (Å²) in [6.07, 6.45) is 0.908. The van der Waals surface area contributed by atoms with Gasteiger partial charge >= 0.3 is 0 Å². The molecule has 0 saturated carbocycles. The Bertz CT molecular complexity index is 1600. The van der Waals surface area contributed by atoms with Gasteiger partial charge in [0, 0.05) is 45.2 Å². The first-order valence-electron chi connectivity index (χ1n) is 15.7. The summed E-state index contributed by atoms with van der Waals surface area (Å²) in [7, 11) is -2.02. The highest BCUT2D eigenvalue weighted by molar-refractivity contribution is 7.91. The monoisotopic (exact) mass is 633 g/mol. The molecule has 0 aromatic heterocycles. The zero-order valence-corrected chi connectivity index (χ0v) is 28.3. The number of benzene rings is 3. The topological polar surface area (TPSA) is 87.2 Å². The molecule has 45 heavy (non-hydrogen) atoms. The molecule has 0 atom stereocenters. The predicted molar refractivity (Wildman–Crippen MR) is 180 cm³/mol. The molecule has 8 nitrogen and oxygen atoms in total. The largest absolute Gasteiger partial charge is 0.497 e. The first-order chi connectivity index (χ1) is 21.4. The lowest BCUT2D eigenvalue weighted by Crippen LogP contribution is -2.41. The lowest BCUT2D eigenvalue weighted by Gasteiger charge is -2.30. The standard InChI is InChI=1S/C36H47N3O5S/c1-26(2)37-18-8-19-39(35(41)24-30-12-14-32(44-6)15-13-30)36-28(4)9-7-10-31(36)25-38(21-20-37)34(40)17-22-45(42,43)33-16-11-27(3)29(5)23-33/h7,9-16,23,26H,8,17-22,24-25H2,1-6H3. The first-order valence-corrected chi connectivity index (χ1v) is 17.4. The van der Waals surface area contributed by atoms with Crippen LogP contribution in [0.1, 0.15) is 54.5 Å². The molecule has 9 heteroatoms. The second kappa shape index (κ2) is 15.1. The fourth-order valence-corrected chi connectivity index (χ4v) is 7.13. The molecule has 3 aromatic rings. The van der Waals surface area contributed by atoms with Gasteiger partial charge in [0.05, 0.1) is 29.9 Å². The number of hydrogen-bond acceptors (Lipinski definition) is 6. The third-order valence-corrected chi connectivity index (χ3v) is 10.5. The number of nitrogens with zero attached hydrogens (tertiary/aromatic N) is 3. The smallest absolute Gasteiger partial charge is 0.231 e. The number of para-hydroxylation sites is 1. The van der Waals surface area contributed by atoms with Gasteiger partial charge in [0.2, 0.25) is 11.8 Å². The molecule has 0 aliphatic carbocycles. The number of fused-ring (bicyclic) bond motifs is 1. The molecule has 4 rings (SSSR count). The van der Waals surface area contributed by atoms with Gasteiger partial charge < -0.3 is 14.5 Å². The van der Waals surface area contributed by atoms with Crippen molar-refractivity contribution in [1.29, 1.82) is 0 Å². The Kier molecular flexibility index (Phi) is 11.4. The van der Waals surface area contributed by atoms with Gasteiger partial charge in [0.15, 0.2) is 9.84 Å². The van der Waals surface area contributed by atoms with Gasteiger partial charge in [0.1, 0.15) is 5.75 Å². The maximum Gasteiger partial charge on any atom is 0.231 e.